The van der Waals surface area contributed by atoms with Gasteiger partial charge in [-0.15, -0.1) is 0 Å². The molecule has 0 fully saturated rings. The van der Waals surface area contributed by atoms with Crippen molar-refractivity contribution in [3.8, 4) is 0 Å². The van der Waals surface area contributed by atoms with Crippen molar-refractivity contribution in [3.05, 3.63) is 17.9 Å². The summed E-state index contributed by atoms with van der Waals surface area (Å²) in [4.78, 5) is 3.69. The van der Waals surface area contributed by atoms with E-state index in [2.05, 4.69) is 10.3 Å². The number of hydrogen-bond acceptors (Lipinski definition) is 2. The van der Waals surface area contributed by atoms with Gasteiger partial charge in [-0.25, -0.2) is 4.99 Å². The van der Waals surface area contributed by atoms with E-state index in [1.807, 2.05) is 0 Å². The molecular weight excluding hydrogens is 112 g/mol. The fourth-order valence-corrected chi connectivity index (χ4v) is 0.425. The normalized spacial score (nSPS) is 19.6. The van der Waals surface area contributed by atoms with Crippen LogP contribution in [0.2, 0.25) is 0 Å². The molecule has 0 saturated carbocycles. The zero-order chi connectivity index (χ0) is 5.11. The van der Waals surface area contributed by atoms with Gasteiger partial charge in [0.15, 0.2) is 0 Å². The molecular formula is C4H4ClN2. The van der Waals surface area contributed by atoms with Crippen molar-refractivity contribution in [2.24, 2.45) is 4.99 Å². The molecule has 0 aromatic rings. The Balaban J connectivity index is 2.49. The Hall–Kier alpha value is -0.500. The first-order chi connectivity index (χ1) is 3.39. The quantitative estimate of drug-likeness (QED) is 0.466. The molecule has 0 saturated heterocycles. The number of nitrogens with one attached hydrogen (secondary N) is 1. The number of hydrogen-bond donors (Lipinski definition) is 1. The predicted octanol–water partition coefficient (Wildman–Crippen LogP) is 0.860. The van der Waals surface area contributed by atoms with Crippen molar-refractivity contribution in [1.29, 1.82) is 0 Å². The average molecular weight is 116 g/mol. The maximum atomic E-state index is 5.37. The molecule has 1 aliphatic heterocycles. The third kappa shape index (κ3) is 1.20. The van der Waals surface area contributed by atoms with Crippen molar-refractivity contribution in [2.45, 2.75) is 0 Å². The lowest BCUT2D eigenvalue weighted by Crippen LogP contribution is -2.08. The van der Waals surface area contributed by atoms with Gasteiger partial charge in [0.1, 0.15) is 0 Å². The number of halogens is 1. The summed E-state index contributed by atoms with van der Waals surface area (Å²) >= 11 is 5.37. The summed E-state index contributed by atoms with van der Waals surface area (Å²) in [6.45, 7) is 0. The number of aliphatic imine (C=N–C) groups is 1. The molecule has 0 atom stereocenters. The number of allylic oxidation sites excluding steroid dienone is 1. The van der Waals surface area contributed by atoms with Crippen molar-refractivity contribution < 1.29 is 0 Å². The summed E-state index contributed by atoms with van der Waals surface area (Å²) in [6.07, 6.45) is 5.11. The molecule has 1 N–H and O–H groups in total. The van der Waals surface area contributed by atoms with Gasteiger partial charge >= 0.3 is 0 Å². The standard InChI is InChI=1S/C4H4ClN2/c5-4-6-2-1-3-7-4/h1-3,6H. The highest BCUT2D eigenvalue weighted by atomic mass is 35.5. The van der Waals surface area contributed by atoms with E-state index in [1.165, 1.54) is 0 Å². The zero-order valence-electron chi connectivity index (χ0n) is 3.56. The Labute approximate surface area is 46.9 Å². The van der Waals surface area contributed by atoms with Crippen LogP contribution in [0.1, 0.15) is 0 Å². The lowest BCUT2D eigenvalue weighted by atomic mass is 10.6. The minimum atomic E-state index is 0.419. The second-order valence-corrected chi connectivity index (χ2v) is 1.43. The molecule has 0 unspecified atom stereocenters. The van der Waals surface area contributed by atoms with E-state index in [0.717, 1.165) is 0 Å². The molecule has 0 bridgehead atoms. The highest BCUT2D eigenvalue weighted by molar-refractivity contribution is 6.27. The molecule has 0 amide bonds. The molecule has 1 radical (unpaired) electrons. The lowest BCUT2D eigenvalue weighted by molar-refractivity contribution is 0.963. The summed E-state index contributed by atoms with van der Waals surface area (Å²) in [7, 11) is 0. The molecule has 2 nitrogen and oxygen atoms in total. The van der Waals surface area contributed by atoms with E-state index in [9.17, 15) is 0 Å². The van der Waals surface area contributed by atoms with Crippen molar-refractivity contribution in [1.82, 2.24) is 5.32 Å². The predicted molar refractivity (Wildman–Crippen MR) is 29.9 cm³/mol. The molecule has 0 aromatic heterocycles. The van der Waals surface area contributed by atoms with Crippen LogP contribution >= 0.6 is 11.6 Å². The summed E-state index contributed by atoms with van der Waals surface area (Å²) in [5.74, 6) is 0. The van der Waals surface area contributed by atoms with E-state index < -0.39 is 0 Å². The minimum Gasteiger partial charge on any atom is -0.350 e. The van der Waals surface area contributed by atoms with Crippen LogP contribution in [0, 0.1) is 5.62 Å². The molecule has 3 heteroatoms. The fraction of sp³-hybridized carbons (Fsp3) is 0. The third-order valence-corrected chi connectivity index (χ3v) is 0.779. The first kappa shape index (κ1) is 4.65. The fourth-order valence-electron chi connectivity index (χ4n) is 0.306. The van der Waals surface area contributed by atoms with Gasteiger partial charge in [0.25, 0.3) is 5.62 Å². The second kappa shape index (κ2) is 1.98. The monoisotopic (exact) mass is 115 g/mol. The van der Waals surface area contributed by atoms with Crippen LogP contribution in [0.15, 0.2) is 17.3 Å². The molecule has 0 spiro atoms. The van der Waals surface area contributed by atoms with Gasteiger partial charge < -0.3 is 5.32 Å². The van der Waals surface area contributed by atoms with E-state index in [0.29, 0.717) is 5.62 Å². The van der Waals surface area contributed by atoms with E-state index in [1.54, 1.807) is 18.5 Å². The van der Waals surface area contributed by atoms with Gasteiger partial charge in [-0.1, -0.05) is 11.6 Å². The van der Waals surface area contributed by atoms with Gasteiger partial charge in [0.2, 0.25) is 0 Å². The van der Waals surface area contributed by atoms with Crippen LogP contribution < -0.4 is 5.32 Å². The first-order valence-corrected chi connectivity index (χ1v) is 2.25. The second-order valence-electron chi connectivity index (χ2n) is 1.07. The van der Waals surface area contributed by atoms with Gasteiger partial charge in [0, 0.05) is 12.4 Å². The molecule has 0 aliphatic carbocycles. The maximum absolute atomic E-state index is 5.37. The highest BCUT2D eigenvalue weighted by Gasteiger charge is 1.97. The molecule has 7 heavy (non-hydrogen) atoms. The van der Waals surface area contributed by atoms with Crippen LogP contribution in [0.25, 0.3) is 0 Å². The Morgan fingerprint density at radius 1 is 1.71 bits per heavy atom. The topological polar surface area (TPSA) is 24.4 Å². The van der Waals surface area contributed by atoms with Gasteiger partial charge in [0.05, 0.1) is 0 Å². The summed E-state index contributed by atoms with van der Waals surface area (Å²) in [6, 6.07) is 0. The lowest BCUT2D eigenvalue weighted by Gasteiger charge is -2.02. The maximum Gasteiger partial charge on any atom is 0.265 e. The minimum absolute atomic E-state index is 0.419. The van der Waals surface area contributed by atoms with Crippen molar-refractivity contribution in [2.75, 3.05) is 0 Å². The summed E-state index contributed by atoms with van der Waals surface area (Å²) in [5, 5.41) is 2.69. The van der Waals surface area contributed by atoms with Gasteiger partial charge in [-0.3, -0.25) is 0 Å². The Morgan fingerprint density at radius 3 is 2.86 bits per heavy atom. The molecule has 37 valence electrons. The zero-order valence-corrected chi connectivity index (χ0v) is 4.31. The average Bonchev–Trinajstić information content (AvgIpc) is 1.69. The van der Waals surface area contributed by atoms with Crippen LogP contribution in [0.5, 0.6) is 0 Å². The summed E-state index contributed by atoms with van der Waals surface area (Å²) < 4.78 is 0. The smallest absolute Gasteiger partial charge is 0.265 e. The number of rotatable bonds is 0. The highest BCUT2D eigenvalue weighted by Crippen LogP contribution is 2.03. The van der Waals surface area contributed by atoms with Crippen molar-refractivity contribution >= 4 is 17.8 Å². The van der Waals surface area contributed by atoms with Gasteiger partial charge in [-0.2, -0.15) is 0 Å². The third-order valence-electron chi connectivity index (χ3n) is 0.573. The van der Waals surface area contributed by atoms with Crippen LogP contribution in [-0.2, 0) is 0 Å². The van der Waals surface area contributed by atoms with E-state index >= 15 is 0 Å². The largest absolute Gasteiger partial charge is 0.350 e. The molecule has 1 rings (SSSR count). The van der Waals surface area contributed by atoms with E-state index in [4.69, 9.17) is 11.6 Å². The first-order valence-electron chi connectivity index (χ1n) is 1.88. The van der Waals surface area contributed by atoms with Crippen LogP contribution in [0.3, 0.4) is 0 Å². The SMILES string of the molecule is Cl[C]1N=CC=CN1. The Kier molecular flexibility index (Phi) is 1.32. The van der Waals surface area contributed by atoms with Crippen molar-refractivity contribution in [3.63, 3.8) is 0 Å². The molecule has 1 aliphatic rings. The van der Waals surface area contributed by atoms with Gasteiger partial charge in [-0.05, 0) is 6.08 Å². The summed E-state index contributed by atoms with van der Waals surface area (Å²) in [5.41, 5.74) is 0.419. The van der Waals surface area contributed by atoms with E-state index in [-0.39, 0.29) is 0 Å². The molecule has 0 aromatic carbocycles. The Morgan fingerprint density at radius 2 is 2.57 bits per heavy atom. The van der Waals surface area contributed by atoms with Crippen LogP contribution in [-0.4, -0.2) is 6.21 Å². The molecule has 1 heterocycles. The van der Waals surface area contributed by atoms with Crippen LogP contribution in [0.4, 0.5) is 0 Å². The number of nitrogens with zero attached hydrogens (tertiary/aromatic N) is 1. The Bertz CT molecular complexity index is 108.